The number of carbonyl (C=O) groups is 1. The van der Waals surface area contributed by atoms with Gasteiger partial charge >= 0.3 is 0 Å². The Hall–Kier alpha value is -2.75. The zero-order valence-corrected chi connectivity index (χ0v) is 13.7. The fourth-order valence-electron chi connectivity index (χ4n) is 3.43. The molecule has 0 radical (unpaired) electrons. The van der Waals surface area contributed by atoms with Crippen LogP contribution in [0.4, 0.5) is 11.4 Å². The number of carbonyl (C=O) groups excluding carboxylic acids is 1. The summed E-state index contributed by atoms with van der Waals surface area (Å²) in [5.41, 5.74) is 12.8. The lowest BCUT2D eigenvalue weighted by atomic mass is 10.0. The highest BCUT2D eigenvalue weighted by molar-refractivity contribution is 5.96. The van der Waals surface area contributed by atoms with Gasteiger partial charge in [-0.3, -0.25) is 4.79 Å². The number of benzene rings is 2. The van der Waals surface area contributed by atoms with Gasteiger partial charge in [0.1, 0.15) is 5.58 Å². The minimum absolute atomic E-state index is 0.0631. The summed E-state index contributed by atoms with van der Waals surface area (Å²) in [7, 11) is 0. The van der Waals surface area contributed by atoms with Crippen LogP contribution < -0.4 is 11.1 Å². The normalized spacial score (nSPS) is 13.2. The van der Waals surface area contributed by atoms with E-state index in [4.69, 9.17) is 10.2 Å². The second kappa shape index (κ2) is 5.71. The lowest BCUT2D eigenvalue weighted by Gasteiger charge is -2.09. The van der Waals surface area contributed by atoms with Gasteiger partial charge in [0, 0.05) is 22.3 Å². The van der Waals surface area contributed by atoms with Crippen LogP contribution in [0, 0.1) is 6.92 Å². The summed E-state index contributed by atoms with van der Waals surface area (Å²) < 4.78 is 5.67. The first-order valence-corrected chi connectivity index (χ1v) is 8.28. The van der Waals surface area contributed by atoms with Crippen molar-refractivity contribution in [1.82, 2.24) is 0 Å². The van der Waals surface area contributed by atoms with Gasteiger partial charge in [-0.15, -0.1) is 0 Å². The Morgan fingerprint density at radius 1 is 1.21 bits per heavy atom. The van der Waals surface area contributed by atoms with Gasteiger partial charge in [0.2, 0.25) is 5.91 Å². The Morgan fingerprint density at radius 3 is 2.83 bits per heavy atom. The Morgan fingerprint density at radius 2 is 2.00 bits per heavy atom. The molecular weight excluding hydrogens is 300 g/mol. The molecule has 2 aromatic carbocycles. The van der Waals surface area contributed by atoms with E-state index in [1.807, 2.05) is 19.1 Å². The lowest BCUT2D eigenvalue weighted by Crippen LogP contribution is -2.15. The summed E-state index contributed by atoms with van der Waals surface area (Å²) in [6.45, 7) is 1.95. The predicted molar refractivity (Wildman–Crippen MR) is 96.2 cm³/mol. The van der Waals surface area contributed by atoms with Crippen molar-refractivity contribution in [3.05, 3.63) is 58.8 Å². The van der Waals surface area contributed by atoms with E-state index in [0.29, 0.717) is 12.1 Å². The van der Waals surface area contributed by atoms with Crippen LogP contribution in [0.3, 0.4) is 0 Å². The summed E-state index contributed by atoms with van der Waals surface area (Å²) in [6.07, 6.45) is 5.43. The molecule has 0 saturated carbocycles. The molecule has 1 heterocycles. The van der Waals surface area contributed by atoms with Gasteiger partial charge in [0.05, 0.1) is 12.7 Å². The van der Waals surface area contributed by atoms with E-state index in [1.54, 1.807) is 12.3 Å². The number of furan rings is 1. The van der Waals surface area contributed by atoms with Crippen molar-refractivity contribution in [3.8, 4) is 0 Å². The van der Waals surface area contributed by atoms with E-state index in [-0.39, 0.29) is 5.91 Å². The van der Waals surface area contributed by atoms with E-state index in [2.05, 4.69) is 17.4 Å². The number of hydrogen-bond acceptors (Lipinski definition) is 3. The molecule has 1 aliphatic rings. The van der Waals surface area contributed by atoms with Crippen LogP contribution in [0.25, 0.3) is 11.0 Å². The summed E-state index contributed by atoms with van der Waals surface area (Å²) in [6, 6.07) is 9.83. The molecule has 3 N–H and O–H groups in total. The number of nitrogens with one attached hydrogen (secondary N) is 1. The van der Waals surface area contributed by atoms with E-state index in [9.17, 15) is 4.79 Å². The Labute approximate surface area is 140 Å². The Bertz CT molecular complexity index is 940. The highest BCUT2D eigenvalue weighted by Crippen LogP contribution is 2.30. The van der Waals surface area contributed by atoms with E-state index >= 15 is 0 Å². The molecule has 0 aliphatic heterocycles. The average Bonchev–Trinajstić information content (AvgIpc) is 3.15. The van der Waals surface area contributed by atoms with Crippen LogP contribution in [0.15, 0.2) is 41.0 Å². The molecule has 0 saturated heterocycles. The molecule has 4 heteroatoms. The summed E-state index contributed by atoms with van der Waals surface area (Å²) in [5, 5.41) is 4.00. The zero-order valence-electron chi connectivity index (χ0n) is 13.7. The predicted octanol–water partition coefficient (Wildman–Crippen LogP) is 3.99. The van der Waals surface area contributed by atoms with Crippen LogP contribution in [-0.2, 0) is 24.1 Å². The maximum atomic E-state index is 12.4. The maximum absolute atomic E-state index is 12.4. The molecule has 4 rings (SSSR count). The third-order valence-corrected chi connectivity index (χ3v) is 4.75. The third kappa shape index (κ3) is 2.64. The molecule has 4 nitrogen and oxygen atoms in total. The van der Waals surface area contributed by atoms with Crippen molar-refractivity contribution in [1.29, 1.82) is 0 Å². The first kappa shape index (κ1) is 14.8. The number of aryl methyl sites for hydroxylation is 3. The van der Waals surface area contributed by atoms with Gasteiger partial charge in [-0.2, -0.15) is 0 Å². The van der Waals surface area contributed by atoms with Gasteiger partial charge in [-0.1, -0.05) is 6.07 Å². The lowest BCUT2D eigenvalue weighted by molar-refractivity contribution is -0.115. The molecule has 1 amide bonds. The number of nitrogens with two attached hydrogens (primary N) is 1. The smallest absolute Gasteiger partial charge is 0.228 e. The topological polar surface area (TPSA) is 68.3 Å². The largest absolute Gasteiger partial charge is 0.464 e. The van der Waals surface area contributed by atoms with Gasteiger partial charge in [-0.25, -0.2) is 0 Å². The molecule has 0 spiro atoms. The second-order valence-electron chi connectivity index (χ2n) is 6.53. The third-order valence-electron chi connectivity index (χ3n) is 4.75. The Kier molecular flexibility index (Phi) is 3.53. The van der Waals surface area contributed by atoms with Crippen LogP contribution in [0.1, 0.15) is 28.7 Å². The number of anilines is 2. The quantitative estimate of drug-likeness (QED) is 0.717. The van der Waals surface area contributed by atoms with Gasteiger partial charge in [0.25, 0.3) is 0 Å². The molecule has 1 aliphatic carbocycles. The number of hydrogen-bond donors (Lipinski definition) is 2. The van der Waals surface area contributed by atoms with Crippen molar-refractivity contribution < 1.29 is 9.21 Å². The molecule has 0 fully saturated rings. The van der Waals surface area contributed by atoms with E-state index in [0.717, 1.165) is 40.6 Å². The minimum Gasteiger partial charge on any atom is -0.464 e. The first-order valence-electron chi connectivity index (χ1n) is 8.28. The SMILES string of the molecule is Cc1ccc(N)cc1NC(=O)Cc1coc2cc3c(cc12)CCC3. The number of rotatable bonds is 3. The minimum atomic E-state index is -0.0631. The van der Waals surface area contributed by atoms with Crippen molar-refractivity contribution >= 4 is 28.3 Å². The van der Waals surface area contributed by atoms with Crippen LogP contribution >= 0.6 is 0 Å². The van der Waals surface area contributed by atoms with Crippen molar-refractivity contribution in [2.45, 2.75) is 32.6 Å². The average molecular weight is 320 g/mol. The molecule has 1 aromatic heterocycles. The fourth-order valence-corrected chi connectivity index (χ4v) is 3.43. The zero-order chi connectivity index (χ0) is 16.7. The molecule has 0 unspecified atom stereocenters. The first-order chi connectivity index (χ1) is 11.6. The summed E-state index contributed by atoms with van der Waals surface area (Å²) >= 11 is 0. The fraction of sp³-hybridized carbons (Fsp3) is 0.250. The van der Waals surface area contributed by atoms with Crippen LogP contribution in [0.5, 0.6) is 0 Å². The summed E-state index contributed by atoms with van der Waals surface area (Å²) in [4.78, 5) is 12.4. The molecule has 24 heavy (non-hydrogen) atoms. The number of fused-ring (bicyclic) bond motifs is 2. The maximum Gasteiger partial charge on any atom is 0.228 e. The van der Waals surface area contributed by atoms with Crippen molar-refractivity contribution in [3.63, 3.8) is 0 Å². The van der Waals surface area contributed by atoms with Gasteiger partial charge in [-0.05, 0) is 67.1 Å². The van der Waals surface area contributed by atoms with Crippen molar-refractivity contribution in [2.75, 3.05) is 11.1 Å². The highest BCUT2D eigenvalue weighted by atomic mass is 16.3. The van der Waals surface area contributed by atoms with E-state index in [1.165, 1.54) is 17.5 Å². The van der Waals surface area contributed by atoms with Gasteiger partial charge < -0.3 is 15.5 Å². The standard InChI is InChI=1S/C20H20N2O2/c1-12-5-6-16(21)10-18(12)22-20(23)9-15-11-24-19-8-14-4-2-3-13(14)7-17(15)19/h5-8,10-11H,2-4,9,21H2,1H3,(H,22,23). The van der Waals surface area contributed by atoms with Gasteiger partial charge in [0.15, 0.2) is 0 Å². The molecule has 122 valence electrons. The van der Waals surface area contributed by atoms with Crippen molar-refractivity contribution in [2.24, 2.45) is 0 Å². The number of amides is 1. The Balaban J connectivity index is 1.58. The van der Waals surface area contributed by atoms with Crippen LogP contribution in [0.2, 0.25) is 0 Å². The molecule has 0 bridgehead atoms. The second-order valence-corrected chi connectivity index (χ2v) is 6.53. The number of nitrogen functional groups attached to an aromatic ring is 1. The molecule has 3 aromatic rings. The molecule has 0 atom stereocenters. The molecular formula is C20H20N2O2. The van der Waals surface area contributed by atoms with E-state index < -0.39 is 0 Å². The monoisotopic (exact) mass is 320 g/mol. The highest BCUT2D eigenvalue weighted by Gasteiger charge is 2.17. The summed E-state index contributed by atoms with van der Waals surface area (Å²) in [5.74, 6) is -0.0631. The van der Waals surface area contributed by atoms with Crippen LogP contribution in [-0.4, -0.2) is 5.91 Å².